The molecule has 8 nitrogen and oxygen atoms in total. The summed E-state index contributed by atoms with van der Waals surface area (Å²) >= 11 is 0. The Labute approximate surface area is 162 Å². The van der Waals surface area contributed by atoms with Crippen LogP contribution < -0.4 is 10.6 Å². The van der Waals surface area contributed by atoms with Crippen LogP contribution >= 0.6 is 0 Å². The predicted molar refractivity (Wildman–Crippen MR) is 97.0 cm³/mol. The number of hydrogen-bond acceptors (Lipinski definition) is 5. The number of halogens is 3. The molecule has 0 spiro atoms. The van der Waals surface area contributed by atoms with Crippen molar-refractivity contribution in [2.45, 2.75) is 6.18 Å². The Balaban J connectivity index is 1.93. The van der Waals surface area contributed by atoms with Crippen LogP contribution in [0.5, 0.6) is 0 Å². The summed E-state index contributed by atoms with van der Waals surface area (Å²) in [5.41, 5.74) is -0.829. The lowest BCUT2D eigenvalue weighted by Gasteiger charge is -2.11. The second-order valence-corrected chi connectivity index (χ2v) is 5.96. The molecule has 150 valence electrons. The summed E-state index contributed by atoms with van der Waals surface area (Å²) in [5, 5.41) is 4.91. The van der Waals surface area contributed by atoms with Gasteiger partial charge in [0.05, 0.1) is 12.5 Å². The monoisotopic (exact) mass is 404 g/mol. The zero-order valence-corrected chi connectivity index (χ0v) is 15.3. The molecule has 0 fully saturated rings. The van der Waals surface area contributed by atoms with Crippen LogP contribution in [0.25, 0.3) is 11.5 Å². The smallest absolute Gasteiger partial charge is 0.355 e. The van der Waals surface area contributed by atoms with Crippen molar-refractivity contribution in [2.24, 2.45) is 7.05 Å². The van der Waals surface area contributed by atoms with Crippen molar-refractivity contribution >= 4 is 17.5 Å². The number of hydrogen-bond donors (Lipinski definition) is 2. The Bertz CT molecular complexity index is 1060. The van der Waals surface area contributed by atoms with E-state index in [-0.39, 0.29) is 23.1 Å². The van der Waals surface area contributed by atoms with Crippen molar-refractivity contribution in [1.29, 1.82) is 0 Å². The second kappa shape index (κ2) is 7.70. The molecule has 0 aliphatic rings. The van der Waals surface area contributed by atoms with Crippen LogP contribution in [0.15, 0.2) is 42.9 Å². The number of amides is 2. The van der Waals surface area contributed by atoms with Crippen LogP contribution in [-0.2, 0) is 13.2 Å². The van der Waals surface area contributed by atoms with E-state index in [1.807, 2.05) is 0 Å². The maximum absolute atomic E-state index is 13.3. The van der Waals surface area contributed by atoms with E-state index in [9.17, 15) is 22.8 Å². The number of aromatic nitrogens is 4. The minimum atomic E-state index is -4.76. The van der Waals surface area contributed by atoms with E-state index in [1.54, 1.807) is 7.05 Å². The van der Waals surface area contributed by atoms with Crippen LogP contribution in [-0.4, -0.2) is 38.4 Å². The zero-order valence-electron chi connectivity index (χ0n) is 15.3. The first-order chi connectivity index (χ1) is 13.7. The summed E-state index contributed by atoms with van der Waals surface area (Å²) in [6.45, 7) is 0. The molecular formula is C18H15F3N6O2. The Hall–Kier alpha value is -3.76. The SMILES string of the molecule is CNC(=O)c1ccc(NC(=O)c2cc(C(F)(F)F)nc(-c3cncn3C)n2)cc1. The highest BCUT2D eigenvalue weighted by Gasteiger charge is 2.34. The molecule has 3 rings (SSSR count). The van der Waals surface area contributed by atoms with Crippen LogP contribution in [0.3, 0.4) is 0 Å². The predicted octanol–water partition coefficient (Wildman–Crippen LogP) is 2.51. The highest BCUT2D eigenvalue weighted by atomic mass is 19.4. The van der Waals surface area contributed by atoms with Gasteiger partial charge in [0.1, 0.15) is 17.1 Å². The van der Waals surface area contributed by atoms with Crippen molar-refractivity contribution < 1.29 is 22.8 Å². The van der Waals surface area contributed by atoms with Crippen molar-refractivity contribution in [2.75, 3.05) is 12.4 Å². The Morgan fingerprint density at radius 1 is 1.07 bits per heavy atom. The molecule has 0 saturated heterocycles. The number of carbonyl (C=O) groups is 2. The number of rotatable bonds is 4. The molecule has 2 heterocycles. The summed E-state index contributed by atoms with van der Waals surface area (Å²) < 4.78 is 41.2. The van der Waals surface area contributed by atoms with Gasteiger partial charge in [0.25, 0.3) is 11.8 Å². The summed E-state index contributed by atoms with van der Waals surface area (Å²) in [5.74, 6) is -1.44. The average Bonchev–Trinajstić information content (AvgIpc) is 3.13. The van der Waals surface area contributed by atoms with E-state index in [4.69, 9.17) is 0 Å². The molecule has 0 bridgehead atoms. The number of nitrogens with zero attached hydrogens (tertiary/aromatic N) is 4. The topological polar surface area (TPSA) is 102 Å². The summed E-state index contributed by atoms with van der Waals surface area (Å²) in [6.07, 6.45) is -2.08. The van der Waals surface area contributed by atoms with Gasteiger partial charge in [0.15, 0.2) is 5.82 Å². The number of imidazole rings is 1. The van der Waals surface area contributed by atoms with E-state index in [2.05, 4.69) is 25.6 Å². The second-order valence-electron chi connectivity index (χ2n) is 5.96. The third-order valence-electron chi connectivity index (χ3n) is 3.93. The Morgan fingerprint density at radius 2 is 1.76 bits per heavy atom. The van der Waals surface area contributed by atoms with Crippen LogP contribution in [0.1, 0.15) is 26.5 Å². The lowest BCUT2D eigenvalue weighted by Crippen LogP contribution is -2.19. The van der Waals surface area contributed by atoms with Gasteiger partial charge < -0.3 is 15.2 Å². The van der Waals surface area contributed by atoms with Gasteiger partial charge in [-0.25, -0.2) is 15.0 Å². The third kappa shape index (κ3) is 4.39. The van der Waals surface area contributed by atoms with Crippen molar-refractivity contribution in [3.8, 4) is 11.5 Å². The molecule has 0 atom stereocenters. The molecule has 0 unspecified atom stereocenters. The molecule has 3 aromatic rings. The van der Waals surface area contributed by atoms with E-state index < -0.39 is 23.5 Å². The lowest BCUT2D eigenvalue weighted by molar-refractivity contribution is -0.141. The number of anilines is 1. The fourth-order valence-corrected chi connectivity index (χ4v) is 2.44. The zero-order chi connectivity index (χ0) is 21.2. The third-order valence-corrected chi connectivity index (χ3v) is 3.93. The summed E-state index contributed by atoms with van der Waals surface area (Å²) in [7, 11) is 3.05. The fraction of sp³-hybridized carbons (Fsp3) is 0.167. The number of aryl methyl sites for hydroxylation is 1. The van der Waals surface area contributed by atoms with Gasteiger partial charge in [-0.1, -0.05) is 0 Å². The fourth-order valence-electron chi connectivity index (χ4n) is 2.44. The average molecular weight is 404 g/mol. The van der Waals surface area contributed by atoms with Gasteiger partial charge in [-0.3, -0.25) is 9.59 Å². The van der Waals surface area contributed by atoms with Gasteiger partial charge in [0.2, 0.25) is 0 Å². The number of carbonyl (C=O) groups excluding carboxylic acids is 2. The van der Waals surface area contributed by atoms with Gasteiger partial charge in [-0.2, -0.15) is 13.2 Å². The number of benzene rings is 1. The largest absolute Gasteiger partial charge is 0.433 e. The summed E-state index contributed by atoms with van der Waals surface area (Å²) in [4.78, 5) is 35.4. The molecule has 1 aromatic carbocycles. The molecule has 11 heteroatoms. The normalized spacial score (nSPS) is 11.2. The number of nitrogens with one attached hydrogen (secondary N) is 2. The van der Waals surface area contributed by atoms with Crippen LogP contribution in [0.4, 0.5) is 18.9 Å². The first-order valence-corrected chi connectivity index (χ1v) is 8.25. The first-order valence-electron chi connectivity index (χ1n) is 8.25. The van der Waals surface area contributed by atoms with Gasteiger partial charge in [0, 0.05) is 31.4 Å². The van der Waals surface area contributed by atoms with E-state index >= 15 is 0 Å². The maximum Gasteiger partial charge on any atom is 0.433 e. The molecule has 0 saturated carbocycles. The molecule has 29 heavy (non-hydrogen) atoms. The minimum Gasteiger partial charge on any atom is -0.355 e. The highest BCUT2D eigenvalue weighted by molar-refractivity contribution is 6.03. The van der Waals surface area contributed by atoms with Crippen LogP contribution in [0, 0.1) is 0 Å². The first kappa shape index (κ1) is 20.0. The molecular weight excluding hydrogens is 389 g/mol. The van der Waals surface area contributed by atoms with E-state index in [0.717, 1.165) is 0 Å². The van der Waals surface area contributed by atoms with E-state index in [1.165, 1.54) is 48.4 Å². The maximum atomic E-state index is 13.3. The standard InChI is InChI=1S/C18H15F3N6O2/c1-22-16(28)10-3-5-11(6-4-10)24-17(29)12-7-14(18(19,20)21)26-15(25-12)13-8-23-9-27(13)2/h3-9H,1-2H3,(H,22,28)(H,24,29). The molecule has 0 aliphatic heterocycles. The van der Waals surface area contributed by atoms with Gasteiger partial charge >= 0.3 is 6.18 Å². The molecule has 0 radical (unpaired) electrons. The molecule has 2 N–H and O–H groups in total. The van der Waals surface area contributed by atoms with Gasteiger partial charge in [-0.05, 0) is 24.3 Å². The lowest BCUT2D eigenvalue weighted by atomic mass is 10.2. The quantitative estimate of drug-likeness (QED) is 0.696. The van der Waals surface area contributed by atoms with Crippen molar-refractivity contribution in [3.63, 3.8) is 0 Å². The number of alkyl halides is 3. The van der Waals surface area contributed by atoms with E-state index in [0.29, 0.717) is 11.6 Å². The molecule has 2 amide bonds. The molecule has 2 aromatic heterocycles. The van der Waals surface area contributed by atoms with Crippen molar-refractivity contribution in [1.82, 2.24) is 24.8 Å². The summed E-state index contributed by atoms with van der Waals surface area (Å²) in [6, 6.07) is 6.42. The van der Waals surface area contributed by atoms with Crippen molar-refractivity contribution in [3.05, 3.63) is 59.8 Å². The van der Waals surface area contributed by atoms with Crippen LogP contribution in [0.2, 0.25) is 0 Å². The van der Waals surface area contributed by atoms with Gasteiger partial charge in [-0.15, -0.1) is 0 Å². The highest BCUT2D eigenvalue weighted by Crippen LogP contribution is 2.29. The Kier molecular flexibility index (Phi) is 5.31. The molecule has 0 aliphatic carbocycles. The Morgan fingerprint density at radius 3 is 2.31 bits per heavy atom. The minimum absolute atomic E-state index is 0.222.